The number of imidazole rings is 1. The van der Waals surface area contributed by atoms with Gasteiger partial charge in [0.1, 0.15) is 5.75 Å². The number of aromatic nitrogens is 2. The minimum Gasteiger partial charge on any atom is -0.492 e. The fraction of sp³-hybridized carbons (Fsp3) is 0.333. The van der Waals surface area contributed by atoms with E-state index in [0.717, 1.165) is 36.6 Å². The Labute approximate surface area is 183 Å². The summed E-state index contributed by atoms with van der Waals surface area (Å²) >= 11 is 0. The van der Waals surface area contributed by atoms with E-state index < -0.39 is 0 Å². The van der Waals surface area contributed by atoms with E-state index in [4.69, 9.17) is 4.74 Å². The molecule has 2 heterocycles. The molecule has 1 aromatic heterocycles. The Balaban J connectivity index is 1.28. The molecule has 2 amide bonds. The van der Waals surface area contributed by atoms with Gasteiger partial charge < -0.3 is 24.4 Å². The minimum absolute atomic E-state index is 0.0160. The largest absolute Gasteiger partial charge is 0.492 e. The van der Waals surface area contributed by atoms with Crippen molar-refractivity contribution in [1.29, 1.82) is 0 Å². The zero-order valence-corrected chi connectivity index (χ0v) is 17.9. The predicted molar refractivity (Wildman–Crippen MR) is 121 cm³/mol. The number of para-hydroxylation sites is 2. The number of hydrogen-bond donors (Lipinski definition) is 1. The SMILES string of the molecule is CCOc1ccccc1N1CCN(C(=O)NCc2cccc(Cn3ccnc3)c2)CC1. The lowest BCUT2D eigenvalue weighted by molar-refractivity contribution is 0.194. The maximum absolute atomic E-state index is 12.7. The summed E-state index contributed by atoms with van der Waals surface area (Å²) in [6.07, 6.45) is 5.53. The third-order valence-electron chi connectivity index (χ3n) is 5.43. The molecule has 0 radical (unpaired) electrons. The van der Waals surface area contributed by atoms with Gasteiger partial charge in [0.2, 0.25) is 0 Å². The van der Waals surface area contributed by atoms with Gasteiger partial charge in [0.05, 0.1) is 18.6 Å². The van der Waals surface area contributed by atoms with Crippen LogP contribution in [-0.4, -0.2) is 53.3 Å². The zero-order chi connectivity index (χ0) is 21.5. The molecule has 0 atom stereocenters. The molecule has 4 rings (SSSR count). The first-order valence-corrected chi connectivity index (χ1v) is 10.8. The van der Waals surface area contributed by atoms with Crippen molar-refractivity contribution in [2.24, 2.45) is 0 Å². The monoisotopic (exact) mass is 419 g/mol. The molecule has 1 N–H and O–H groups in total. The van der Waals surface area contributed by atoms with Crippen LogP contribution in [-0.2, 0) is 13.1 Å². The number of hydrogen-bond acceptors (Lipinski definition) is 4. The summed E-state index contributed by atoms with van der Waals surface area (Å²) < 4.78 is 7.78. The maximum atomic E-state index is 12.7. The van der Waals surface area contributed by atoms with Gasteiger partial charge in [-0.05, 0) is 30.2 Å². The first-order valence-electron chi connectivity index (χ1n) is 10.8. The molecule has 0 aliphatic carbocycles. The quantitative estimate of drug-likeness (QED) is 0.638. The molecule has 2 aromatic carbocycles. The van der Waals surface area contributed by atoms with Gasteiger partial charge >= 0.3 is 6.03 Å². The number of anilines is 1. The highest BCUT2D eigenvalue weighted by atomic mass is 16.5. The van der Waals surface area contributed by atoms with Crippen LogP contribution in [0.1, 0.15) is 18.1 Å². The van der Waals surface area contributed by atoms with E-state index >= 15 is 0 Å². The number of urea groups is 1. The Morgan fingerprint density at radius 1 is 1.06 bits per heavy atom. The second-order valence-corrected chi connectivity index (χ2v) is 7.59. The number of rotatable bonds is 7. The summed E-state index contributed by atoms with van der Waals surface area (Å²) in [6.45, 7) is 6.88. The molecule has 0 unspecified atom stereocenters. The Kier molecular flexibility index (Phi) is 6.72. The number of piperazine rings is 1. The molecule has 1 fully saturated rings. The van der Waals surface area contributed by atoms with Gasteiger partial charge in [-0.15, -0.1) is 0 Å². The van der Waals surface area contributed by atoms with Crippen molar-refractivity contribution in [1.82, 2.24) is 19.8 Å². The second-order valence-electron chi connectivity index (χ2n) is 7.59. The maximum Gasteiger partial charge on any atom is 0.317 e. The van der Waals surface area contributed by atoms with Crippen LogP contribution in [0.3, 0.4) is 0 Å². The minimum atomic E-state index is -0.0160. The summed E-state index contributed by atoms with van der Waals surface area (Å²) in [5.41, 5.74) is 3.38. The van der Waals surface area contributed by atoms with Crippen LogP contribution in [0.2, 0.25) is 0 Å². The molecule has 7 nitrogen and oxygen atoms in total. The van der Waals surface area contributed by atoms with Crippen LogP contribution in [0.15, 0.2) is 67.3 Å². The number of carbonyl (C=O) groups excluding carboxylic acids is 1. The lowest BCUT2D eigenvalue weighted by Gasteiger charge is -2.36. The van der Waals surface area contributed by atoms with Gasteiger partial charge in [-0.1, -0.05) is 36.4 Å². The van der Waals surface area contributed by atoms with Crippen molar-refractivity contribution in [2.45, 2.75) is 20.0 Å². The molecule has 1 aliphatic rings. The van der Waals surface area contributed by atoms with Gasteiger partial charge in [-0.2, -0.15) is 0 Å². The number of nitrogens with zero attached hydrogens (tertiary/aromatic N) is 4. The number of benzene rings is 2. The molecule has 0 saturated carbocycles. The fourth-order valence-electron chi connectivity index (χ4n) is 3.86. The van der Waals surface area contributed by atoms with Crippen molar-refractivity contribution >= 4 is 11.7 Å². The zero-order valence-electron chi connectivity index (χ0n) is 17.9. The average molecular weight is 420 g/mol. The van der Waals surface area contributed by atoms with E-state index in [1.807, 2.05) is 52.9 Å². The Morgan fingerprint density at radius 2 is 1.87 bits per heavy atom. The van der Waals surface area contributed by atoms with Crippen LogP contribution >= 0.6 is 0 Å². The summed E-state index contributed by atoms with van der Waals surface area (Å²) in [4.78, 5) is 20.9. The third kappa shape index (κ3) is 5.36. The standard InChI is InChI=1S/C24H29N5O2/c1-2-31-23-9-4-3-8-22(23)28-12-14-29(15-13-28)24(30)26-17-20-6-5-7-21(16-20)18-27-11-10-25-19-27/h3-11,16,19H,2,12-15,17-18H2,1H3,(H,26,30). The second kappa shape index (κ2) is 10.0. The van der Waals surface area contributed by atoms with Crippen LogP contribution in [0, 0.1) is 0 Å². The normalized spacial score (nSPS) is 13.8. The van der Waals surface area contributed by atoms with Gasteiger partial charge in [0.15, 0.2) is 0 Å². The van der Waals surface area contributed by atoms with Crippen LogP contribution < -0.4 is 15.0 Å². The molecule has 7 heteroatoms. The van der Waals surface area contributed by atoms with E-state index in [1.165, 1.54) is 5.56 Å². The van der Waals surface area contributed by atoms with E-state index in [2.05, 4.69) is 33.4 Å². The Bertz CT molecular complexity index is 981. The number of ether oxygens (including phenoxy) is 1. The summed E-state index contributed by atoms with van der Waals surface area (Å²) in [5.74, 6) is 0.901. The van der Waals surface area contributed by atoms with Crippen molar-refractivity contribution in [3.8, 4) is 5.75 Å². The molecule has 1 saturated heterocycles. The summed E-state index contributed by atoms with van der Waals surface area (Å²) in [7, 11) is 0. The molecule has 162 valence electrons. The van der Waals surface area contributed by atoms with Crippen LogP contribution in [0.5, 0.6) is 5.75 Å². The van der Waals surface area contributed by atoms with E-state index in [9.17, 15) is 4.79 Å². The van der Waals surface area contributed by atoms with E-state index in [0.29, 0.717) is 26.2 Å². The highest BCUT2D eigenvalue weighted by molar-refractivity contribution is 5.74. The summed E-state index contributed by atoms with van der Waals surface area (Å²) in [5, 5.41) is 3.07. The summed E-state index contributed by atoms with van der Waals surface area (Å²) in [6, 6.07) is 16.4. The first-order chi connectivity index (χ1) is 15.2. The van der Waals surface area contributed by atoms with Crippen molar-refractivity contribution in [3.05, 3.63) is 78.4 Å². The number of nitrogens with one attached hydrogen (secondary N) is 1. The van der Waals surface area contributed by atoms with E-state index in [-0.39, 0.29) is 6.03 Å². The van der Waals surface area contributed by atoms with Crippen molar-refractivity contribution in [3.63, 3.8) is 0 Å². The average Bonchev–Trinajstić information content (AvgIpc) is 3.31. The molecule has 3 aromatic rings. The lowest BCUT2D eigenvalue weighted by atomic mass is 10.1. The molecule has 0 bridgehead atoms. The van der Waals surface area contributed by atoms with Gasteiger partial charge in [0, 0.05) is 51.7 Å². The van der Waals surface area contributed by atoms with Crippen LogP contribution in [0.25, 0.3) is 0 Å². The molecule has 31 heavy (non-hydrogen) atoms. The lowest BCUT2D eigenvalue weighted by Crippen LogP contribution is -2.51. The molecule has 0 spiro atoms. The Morgan fingerprint density at radius 3 is 2.65 bits per heavy atom. The third-order valence-corrected chi connectivity index (χ3v) is 5.43. The topological polar surface area (TPSA) is 62.6 Å². The highest BCUT2D eigenvalue weighted by Gasteiger charge is 2.22. The molecule has 1 aliphatic heterocycles. The van der Waals surface area contributed by atoms with E-state index in [1.54, 1.807) is 12.5 Å². The fourth-order valence-corrected chi connectivity index (χ4v) is 3.86. The smallest absolute Gasteiger partial charge is 0.317 e. The number of amides is 2. The van der Waals surface area contributed by atoms with Gasteiger partial charge in [-0.3, -0.25) is 0 Å². The van der Waals surface area contributed by atoms with Crippen molar-refractivity contribution in [2.75, 3.05) is 37.7 Å². The number of carbonyl (C=O) groups is 1. The van der Waals surface area contributed by atoms with Crippen LogP contribution in [0.4, 0.5) is 10.5 Å². The first kappa shape index (κ1) is 20.8. The molecular weight excluding hydrogens is 390 g/mol. The van der Waals surface area contributed by atoms with Crippen molar-refractivity contribution < 1.29 is 9.53 Å². The Hall–Kier alpha value is -3.48. The van der Waals surface area contributed by atoms with Gasteiger partial charge in [0.25, 0.3) is 0 Å². The predicted octanol–water partition coefficient (Wildman–Crippen LogP) is 3.36. The van der Waals surface area contributed by atoms with Gasteiger partial charge in [-0.25, -0.2) is 9.78 Å². The molecular formula is C24H29N5O2. The highest BCUT2D eigenvalue weighted by Crippen LogP contribution is 2.28.